The third-order valence-corrected chi connectivity index (χ3v) is 4.52. The zero-order chi connectivity index (χ0) is 11.8. The molecule has 0 N–H and O–H groups in total. The van der Waals surface area contributed by atoms with Gasteiger partial charge in [0.2, 0.25) is 0 Å². The van der Waals surface area contributed by atoms with Crippen LogP contribution >= 0.6 is 0 Å². The highest BCUT2D eigenvalue weighted by Gasteiger charge is 2.23. The molecule has 90 valence electrons. The topological polar surface area (TPSA) is 0 Å². The molecule has 1 aromatic rings. The van der Waals surface area contributed by atoms with Crippen molar-refractivity contribution in [1.82, 2.24) is 0 Å². The van der Waals surface area contributed by atoms with Gasteiger partial charge in [-0.25, -0.2) is 0 Å². The third kappa shape index (κ3) is 1.57. The van der Waals surface area contributed by atoms with Crippen LogP contribution in [-0.4, -0.2) is 0 Å². The quantitative estimate of drug-likeness (QED) is 0.707. The monoisotopic (exact) mass is 226 g/mol. The fraction of sp³-hybridized carbons (Fsp3) is 0.529. The molecule has 2 aliphatic rings. The number of rotatable bonds is 2. The highest BCUT2D eigenvalue weighted by molar-refractivity contribution is 5.69. The second-order valence-electron chi connectivity index (χ2n) is 5.33. The van der Waals surface area contributed by atoms with Crippen LogP contribution in [0.2, 0.25) is 0 Å². The van der Waals surface area contributed by atoms with E-state index in [1.54, 1.807) is 33.4 Å². The van der Waals surface area contributed by atoms with Crippen LogP contribution in [0.3, 0.4) is 0 Å². The van der Waals surface area contributed by atoms with Gasteiger partial charge in [0.25, 0.3) is 0 Å². The summed E-state index contributed by atoms with van der Waals surface area (Å²) in [5.41, 5.74) is 10.1. The van der Waals surface area contributed by atoms with Gasteiger partial charge in [-0.05, 0) is 78.3 Å². The molecule has 3 rings (SSSR count). The standard InChI is InChI=1S/C17H22/c1-3-12-14-8-5-6-9-15(14)13(4-2)17-11-7-10-16(12)17/h7,10H,3-6,8-9,11H2,1-2H3. The molecule has 1 aromatic carbocycles. The Morgan fingerprint density at radius 2 is 1.53 bits per heavy atom. The molecule has 0 aromatic heterocycles. The fourth-order valence-corrected chi connectivity index (χ4v) is 3.82. The molecule has 2 aliphatic carbocycles. The zero-order valence-electron chi connectivity index (χ0n) is 11.1. The van der Waals surface area contributed by atoms with Gasteiger partial charge in [0, 0.05) is 0 Å². The SMILES string of the molecule is CCc1c2c(c(CC)c3c1CCCC3)CC=C2. The van der Waals surface area contributed by atoms with Gasteiger partial charge in [-0.1, -0.05) is 26.0 Å². The maximum absolute atomic E-state index is 2.38. The first-order valence-electron chi connectivity index (χ1n) is 7.21. The minimum atomic E-state index is 1.18. The van der Waals surface area contributed by atoms with Gasteiger partial charge in [-0.15, -0.1) is 0 Å². The first-order valence-corrected chi connectivity index (χ1v) is 7.21. The number of allylic oxidation sites excluding steroid dienone is 1. The molecule has 0 radical (unpaired) electrons. The van der Waals surface area contributed by atoms with E-state index in [9.17, 15) is 0 Å². The van der Waals surface area contributed by atoms with Crippen molar-refractivity contribution in [1.29, 1.82) is 0 Å². The molecule has 0 fully saturated rings. The number of hydrogen-bond acceptors (Lipinski definition) is 0. The molecule has 0 atom stereocenters. The number of benzene rings is 1. The van der Waals surface area contributed by atoms with E-state index in [-0.39, 0.29) is 0 Å². The second-order valence-corrected chi connectivity index (χ2v) is 5.33. The summed E-state index contributed by atoms with van der Waals surface area (Å²) in [5, 5.41) is 0. The lowest BCUT2D eigenvalue weighted by Crippen LogP contribution is -2.13. The van der Waals surface area contributed by atoms with Crippen LogP contribution in [0.4, 0.5) is 0 Å². The summed E-state index contributed by atoms with van der Waals surface area (Å²) in [5.74, 6) is 0. The molecule has 0 unspecified atom stereocenters. The number of fused-ring (bicyclic) bond motifs is 2. The largest absolute Gasteiger partial charge is 0.0795 e. The Hall–Kier alpha value is -1.04. The van der Waals surface area contributed by atoms with Crippen LogP contribution in [0.15, 0.2) is 6.08 Å². The molecule has 0 heterocycles. The van der Waals surface area contributed by atoms with E-state index in [1.807, 2.05) is 0 Å². The van der Waals surface area contributed by atoms with Crippen LogP contribution in [0, 0.1) is 0 Å². The Balaban J connectivity index is 2.30. The lowest BCUT2D eigenvalue weighted by molar-refractivity contribution is 0.670. The van der Waals surface area contributed by atoms with Gasteiger partial charge in [0.05, 0.1) is 0 Å². The third-order valence-electron chi connectivity index (χ3n) is 4.52. The molecule has 0 saturated heterocycles. The normalized spacial score (nSPS) is 17.1. The van der Waals surface area contributed by atoms with E-state index in [4.69, 9.17) is 0 Å². The van der Waals surface area contributed by atoms with Gasteiger partial charge in [-0.3, -0.25) is 0 Å². The van der Waals surface area contributed by atoms with E-state index >= 15 is 0 Å². The van der Waals surface area contributed by atoms with E-state index in [2.05, 4.69) is 26.0 Å². The Bertz CT molecular complexity index is 478. The van der Waals surface area contributed by atoms with Crippen molar-refractivity contribution in [3.05, 3.63) is 39.5 Å². The predicted octanol–water partition coefficient (Wildman–Crippen LogP) is 4.26. The first kappa shape index (κ1) is 11.1. The minimum absolute atomic E-state index is 1.18. The summed E-state index contributed by atoms with van der Waals surface area (Å²) < 4.78 is 0. The van der Waals surface area contributed by atoms with Crippen LogP contribution < -0.4 is 0 Å². The van der Waals surface area contributed by atoms with Crippen molar-refractivity contribution in [2.75, 3.05) is 0 Å². The van der Waals surface area contributed by atoms with Gasteiger partial charge in [0.1, 0.15) is 0 Å². The summed E-state index contributed by atoms with van der Waals surface area (Å²) in [6.45, 7) is 4.65. The summed E-state index contributed by atoms with van der Waals surface area (Å²) in [6.07, 6.45) is 13.8. The van der Waals surface area contributed by atoms with E-state index in [1.165, 1.54) is 44.9 Å². The molecule has 0 spiro atoms. The van der Waals surface area contributed by atoms with Crippen LogP contribution in [0.25, 0.3) is 6.08 Å². The molecule has 0 heteroatoms. The average molecular weight is 226 g/mol. The van der Waals surface area contributed by atoms with Gasteiger partial charge in [0.15, 0.2) is 0 Å². The van der Waals surface area contributed by atoms with E-state index in [0.29, 0.717) is 0 Å². The van der Waals surface area contributed by atoms with Crippen molar-refractivity contribution >= 4 is 6.08 Å². The summed E-state index contributed by atoms with van der Waals surface area (Å²) in [7, 11) is 0. The Labute approximate surface area is 105 Å². The zero-order valence-corrected chi connectivity index (χ0v) is 11.1. The smallest absolute Gasteiger partial charge is 0.00852 e. The highest BCUT2D eigenvalue weighted by atomic mass is 14.3. The minimum Gasteiger partial charge on any atom is -0.0795 e. The number of hydrogen-bond donors (Lipinski definition) is 0. The van der Waals surface area contributed by atoms with E-state index < -0.39 is 0 Å². The van der Waals surface area contributed by atoms with Gasteiger partial charge in [-0.2, -0.15) is 0 Å². The molecular formula is C17H22. The lowest BCUT2D eigenvalue weighted by atomic mass is 9.79. The Morgan fingerprint density at radius 3 is 2.18 bits per heavy atom. The highest BCUT2D eigenvalue weighted by Crippen LogP contribution is 2.37. The van der Waals surface area contributed by atoms with E-state index in [0.717, 1.165) is 0 Å². The average Bonchev–Trinajstić information content (AvgIpc) is 2.84. The van der Waals surface area contributed by atoms with Crippen molar-refractivity contribution < 1.29 is 0 Å². The van der Waals surface area contributed by atoms with Crippen molar-refractivity contribution in [2.45, 2.75) is 58.8 Å². The van der Waals surface area contributed by atoms with Crippen molar-refractivity contribution in [3.8, 4) is 0 Å². The second kappa shape index (κ2) is 4.33. The molecule has 0 saturated carbocycles. The summed E-state index contributed by atoms with van der Waals surface area (Å²) in [4.78, 5) is 0. The molecule has 17 heavy (non-hydrogen) atoms. The van der Waals surface area contributed by atoms with Gasteiger partial charge >= 0.3 is 0 Å². The van der Waals surface area contributed by atoms with Crippen molar-refractivity contribution in [3.63, 3.8) is 0 Å². The molecule has 0 amide bonds. The van der Waals surface area contributed by atoms with Crippen LogP contribution in [0.1, 0.15) is 60.1 Å². The Kier molecular flexibility index (Phi) is 2.82. The maximum Gasteiger partial charge on any atom is -0.00852 e. The molecule has 0 aliphatic heterocycles. The van der Waals surface area contributed by atoms with Gasteiger partial charge < -0.3 is 0 Å². The molecular weight excluding hydrogens is 204 g/mol. The van der Waals surface area contributed by atoms with Crippen molar-refractivity contribution in [2.24, 2.45) is 0 Å². The molecule has 0 bridgehead atoms. The molecule has 0 nitrogen and oxygen atoms in total. The summed E-state index contributed by atoms with van der Waals surface area (Å²) in [6, 6.07) is 0. The Morgan fingerprint density at radius 1 is 0.882 bits per heavy atom. The predicted molar refractivity (Wildman–Crippen MR) is 74.6 cm³/mol. The maximum atomic E-state index is 2.38. The fourth-order valence-electron chi connectivity index (χ4n) is 3.82. The lowest BCUT2D eigenvalue weighted by Gasteiger charge is -2.26. The summed E-state index contributed by atoms with van der Waals surface area (Å²) >= 11 is 0. The van der Waals surface area contributed by atoms with Crippen LogP contribution in [-0.2, 0) is 32.1 Å². The van der Waals surface area contributed by atoms with Crippen LogP contribution in [0.5, 0.6) is 0 Å². The first-order chi connectivity index (χ1) is 8.36.